The van der Waals surface area contributed by atoms with Gasteiger partial charge in [-0.05, 0) is 55.0 Å². The minimum atomic E-state index is -3.84. The second-order valence-electron chi connectivity index (χ2n) is 6.76. The minimum absolute atomic E-state index is 0.0349. The van der Waals surface area contributed by atoms with Gasteiger partial charge in [-0.15, -0.1) is 0 Å². The van der Waals surface area contributed by atoms with Crippen molar-refractivity contribution in [1.29, 1.82) is 0 Å². The summed E-state index contributed by atoms with van der Waals surface area (Å²) in [6.45, 7) is 1.83. The van der Waals surface area contributed by atoms with E-state index < -0.39 is 16.1 Å². The first-order chi connectivity index (χ1) is 15.3. The van der Waals surface area contributed by atoms with Crippen LogP contribution >= 0.6 is 11.6 Å². The highest BCUT2D eigenvalue weighted by Crippen LogP contribution is 2.28. The highest BCUT2D eigenvalue weighted by atomic mass is 35.5. The van der Waals surface area contributed by atoms with E-state index in [0.29, 0.717) is 28.6 Å². The molecule has 0 fully saturated rings. The molecule has 32 heavy (non-hydrogen) atoms. The van der Waals surface area contributed by atoms with Gasteiger partial charge in [0, 0.05) is 5.69 Å². The van der Waals surface area contributed by atoms with Crippen molar-refractivity contribution in [3.05, 3.63) is 77.8 Å². The maximum atomic E-state index is 12.7. The van der Waals surface area contributed by atoms with Crippen molar-refractivity contribution < 1.29 is 22.7 Å². The Labute approximate surface area is 192 Å². The van der Waals surface area contributed by atoms with Crippen LogP contribution in [-0.4, -0.2) is 27.5 Å². The molecule has 3 rings (SSSR count). The average molecular weight is 475 g/mol. The summed E-state index contributed by atoms with van der Waals surface area (Å²) in [5.41, 5.74) is 0.722. The number of amides is 1. The van der Waals surface area contributed by atoms with Crippen molar-refractivity contribution in [2.24, 2.45) is 0 Å². The van der Waals surface area contributed by atoms with Crippen LogP contribution in [0.4, 0.5) is 11.4 Å². The van der Waals surface area contributed by atoms with Crippen LogP contribution in [0.15, 0.2) is 77.7 Å². The second-order valence-corrected chi connectivity index (χ2v) is 8.85. The Morgan fingerprint density at radius 3 is 2.22 bits per heavy atom. The molecule has 9 heteroatoms. The van der Waals surface area contributed by atoms with E-state index in [4.69, 9.17) is 21.1 Å². The predicted octanol–water partition coefficient (Wildman–Crippen LogP) is 4.95. The number of nitrogens with one attached hydrogen (secondary N) is 2. The molecule has 3 aromatic rings. The highest BCUT2D eigenvalue weighted by Gasteiger charge is 2.21. The number of hydrogen-bond donors (Lipinski definition) is 2. The largest absolute Gasteiger partial charge is 0.493 e. The van der Waals surface area contributed by atoms with Crippen molar-refractivity contribution in [1.82, 2.24) is 0 Å². The molecule has 7 nitrogen and oxygen atoms in total. The van der Waals surface area contributed by atoms with Crippen molar-refractivity contribution >= 4 is 38.9 Å². The fourth-order valence-electron chi connectivity index (χ4n) is 2.88. The predicted molar refractivity (Wildman–Crippen MR) is 125 cm³/mol. The molecule has 0 heterocycles. The third-order valence-electron chi connectivity index (χ3n) is 4.55. The first kappa shape index (κ1) is 23.4. The van der Waals surface area contributed by atoms with Crippen LogP contribution in [0.5, 0.6) is 11.5 Å². The number of rotatable bonds is 9. The smallest absolute Gasteiger partial charge is 0.265 e. The number of halogens is 1. The summed E-state index contributed by atoms with van der Waals surface area (Å²) in [6.07, 6.45) is -0.324. The van der Waals surface area contributed by atoms with Crippen LogP contribution in [0, 0.1) is 0 Å². The Hall–Kier alpha value is -3.23. The van der Waals surface area contributed by atoms with Gasteiger partial charge in [0.2, 0.25) is 0 Å². The van der Waals surface area contributed by atoms with Gasteiger partial charge < -0.3 is 14.8 Å². The zero-order valence-corrected chi connectivity index (χ0v) is 19.1. The lowest BCUT2D eigenvalue weighted by atomic mass is 10.2. The van der Waals surface area contributed by atoms with E-state index in [2.05, 4.69) is 10.0 Å². The van der Waals surface area contributed by atoms with Crippen LogP contribution in [-0.2, 0) is 14.8 Å². The number of sulfonamides is 1. The number of hydrogen-bond acceptors (Lipinski definition) is 5. The molecule has 1 amide bonds. The van der Waals surface area contributed by atoms with Crippen LogP contribution < -0.4 is 19.5 Å². The van der Waals surface area contributed by atoms with Gasteiger partial charge in [-0.3, -0.25) is 9.52 Å². The molecular formula is C23H23ClN2O5S. The number of anilines is 2. The third-order valence-corrected chi connectivity index (χ3v) is 6.26. The van der Waals surface area contributed by atoms with E-state index in [1.807, 2.05) is 13.0 Å². The molecule has 0 aliphatic heterocycles. The Morgan fingerprint density at radius 1 is 0.969 bits per heavy atom. The zero-order chi connectivity index (χ0) is 23.1. The van der Waals surface area contributed by atoms with Crippen LogP contribution in [0.1, 0.15) is 13.3 Å². The normalized spacial score (nSPS) is 12.0. The lowest BCUT2D eigenvalue weighted by molar-refractivity contribution is -0.122. The summed E-state index contributed by atoms with van der Waals surface area (Å²) in [5, 5.41) is 3.04. The van der Waals surface area contributed by atoms with Gasteiger partial charge in [-0.25, -0.2) is 8.42 Å². The van der Waals surface area contributed by atoms with E-state index in [1.165, 1.54) is 31.4 Å². The Kier molecular flexibility index (Phi) is 7.61. The van der Waals surface area contributed by atoms with Crippen LogP contribution in [0.25, 0.3) is 0 Å². The van der Waals surface area contributed by atoms with E-state index in [0.717, 1.165) is 0 Å². The summed E-state index contributed by atoms with van der Waals surface area (Å²) in [4.78, 5) is 12.7. The topological polar surface area (TPSA) is 93.7 Å². The summed E-state index contributed by atoms with van der Waals surface area (Å²) in [7, 11) is -2.31. The molecule has 0 aromatic heterocycles. The van der Waals surface area contributed by atoms with Crippen LogP contribution in [0.2, 0.25) is 5.02 Å². The average Bonchev–Trinajstić information content (AvgIpc) is 2.79. The van der Waals surface area contributed by atoms with Gasteiger partial charge in [0.1, 0.15) is 0 Å². The molecule has 0 saturated heterocycles. The molecule has 2 N–H and O–H groups in total. The molecule has 0 aliphatic carbocycles. The monoisotopic (exact) mass is 474 g/mol. The molecule has 1 atom stereocenters. The van der Waals surface area contributed by atoms with Gasteiger partial charge in [0.15, 0.2) is 17.6 Å². The first-order valence-corrected chi connectivity index (χ1v) is 11.7. The fraction of sp³-hybridized carbons (Fsp3) is 0.174. The van der Waals surface area contributed by atoms with Crippen molar-refractivity contribution in [3.8, 4) is 11.5 Å². The van der Waals surface area contributed by atoms with E-state index in [9.17, 15) is 13.2 Å². The molecule has 168 valence electrons. The van der Waals surface area contributed by atoms with Gasteiger partial charge in [0.25, 0.3) is 15.9 Å². The van der Waals surface area contributed by atoms with Gasteiger partial charge in [0.05, 0.1) is 22.7 Å². The maximum Gasteiger partial charge on any atom is 0.265 e. The Morgan fingerprint density at radius 2 is 1.59 bits per heavy atom. The summed E-state index contributed by atoms with van der Waals surface area (Å²) >= 11 is 6.03. The standard InChI is InChI=1S/C23H23ClN2O5S/c1-3-20(31-22-11-7-6-10-21(22)30-2)23(27)25-16-12-14-17(15-13-16)32(28,29)26-19-9-5-4-8-18(19)24/h4-15,20,26H,3H2,1-2H3,(H,25,27)/t20-/m1/s1. The minimum Gasteiger partial charge on any atom is -0.493 e. The zero-order valence-electron chi connectivity index (χ0n) is 17.5. The summed E-state index contributed by atoms with van der Waals surface area (Å²) in [6, 6.07) is 19.4. The number of carbonyl (C=O) groups is 1. The summed E-state index contributed by atoms with van der Waals surface area (Å²) in [5.74, 6) is 0.631. The van der Waals surface area contributed by atoms with Crippen molar-refractivity contribution in [2.75, 3.05) is 17.1 Å². The maximum absolute atomic E-state index is 12.7. The van der Waals surface area contributed by atoms with Crippen molar-refractivity contribution in [2.45, 2.75) is 24.3 Å². The number of ether oxygens (including phenoxy) is 2. The SMILES string of the molecule is CC[C@@H](Oc1ccccc1OC)C(=O)Nc1ccc(S(=O)(=O)Nc2ccccc2Cl)cc1. The fourth-order valence-corrected chi connectivity index (χ4v) is 4.20. The Bertz CT molecular complexity index is 1180. The number of methoxy groups -OCH3 is 1. The van der Waals surface area contributed by atoms with Crippen LogP contribution in [0.3, 0.4) is 0 Å². The highest BCUT2D eigenvalue weighted by molar-refractivity contribution is 7.92. The number of benzene rings is 3. The summed E-state index contributed by atoms with van der Waals surface area (Å²) < 4.78 is 38.8. The van der Waals surface area contributed by atoms with Crippen molar-refractivity contribution in [3.63, 3.8) is 0 Å². The van der Waals surface area contributed by atoms with Gasteiger partial charge in [-0.2, -0.15) is 0 Å². The first-order valence-electron chi connectivity index (χ1n) is 9.82. The molecule has 0 bridgehead atoms. The molecule has 0 radical (unpaired) electrons. The molecule has 0 unspecified atom stereocenters. The van der Waals surface area contributed by atoms with E-state index in [1.54, 1.807) is 42.5 Å². The van der Waals surface area contributed by atoms with E-state index >= 15 is 0 Å². The molecular weight excluding hydrogens is 452 g/mol. The lowest BCUT2D eigenvalue weighted by Crippen LogP contribution is -2.32. The lowest BCUT2D eigenvalue weighted by Gasteiger charge is -2.19. The molecule has 3 aromatic carbocycles. The Balaban J connectivity index is 1.69. The van der Waals surface area contributed by atoms with E-state index in [-0.39, 0.29) is 16.5 Å². The quantitative estimate of drug-likeness (QED) is 0.458. The molecule has 0 aliphatic rings. The second kappa shape index (κ2) is 10.4. The molecule has 0 spiro atoms. The van der Waals surface area contributed by atoms with Gasteiger partial charge >= 0.3 is 0 Å². The third kappa shape index (κ3) is 5.72. The van der Waals surface area contributed by atoms with Gasteiger partial charge in [-0.1, -0.05) is 42.8 Å². The molecule has 0 saturated carbocycles. The number of para-hydroxylation sites is 3. The number of carbonyl (C=O) groups excluding carboxylic acids is 1.